The first-order valence-electron chi connectivity index (χ1n) is 9.70. The number of carbonyl (C=O) groups excluding carboxylic acids is 1. The average Bonchev–Trinajstić information content (AvgIpc) is 2.77. The molecule has 0 N–H and O–H groups in total. The van der Waals surface area contributed by atoms with Crippen molar-refractivity contribution in [2.45, 2.75) is 26.2 Å². The Morgan fingerprint density at radius 3 is 2.59 bits per heavy atom. The van der Waals surface area contributed by atoms with Crippen molar-refractivity contribution in [2.24, 2.45) is 5.10 Å². The van der Waals surface area contributed by atoms with Crippen LogP contribution in [0.15, 0.2) is 44.7 Å². The van der Waals surface area contributed by atoms with Crippen molar-refractivity contribution in [3.63, 3.8) is 0 Å². The summed E-state index contributed by atoms with van der Waals surface area (Å²) in [5, 5.41) is 5.23. The van der Waals surface area contributed by atoms with E-state index in [4.69, 9.17) is 27.9 Å². The van der Waals surface area contributed by atoms with Gasteiger partial charge in [0.2, 0.25) is 0 Å². The highest BCUT2D eigenvalue weighted by Gasteiger charge is 2.16. The van der Waals surface area contributed by atoms with E-state index in [2.05, 4.69) is 30.8 Å². The van der Waals surface area contributed by atoms with Gasteiger partial charge in [0.05, 0.1) is 34.3 Å². The van der Waals surface area contributed by atoms with Gasteiger partial charge in [0.15, 0.2) is 12.4 Å². The fraction of sp³-hybridized carbons (Fsp3) is 0.273. The smallest absolute Gasteiger partial charge is 0.343 e. The molecule has 0 aliphatic carbocycles. The number of nitrogens with zero attached hydrogens (tertiary/aromatic N) is 3. The molecule has 0 aliphatic heterocycles. The van der Waals surface area contributed by atoms with E-state index in [0.29, 0.717) is 22.3 Å². The first-order valence-corrected chi connectivity index (χ1v) is 11.2. The lowest BCUT2D eigenvalue weighted by molar-refractivity contribution is -0.142. The third kappa shape index (κ3) is 5.31. The van der Waals surface area contributed by atoms with Crippen LogP contribution in [0.3, 0.4) is 0 Å². The second-order valence-corrected chi connectivity index (χ2v) is 8.71. The van der Waals surface area contributed by atoms with Crippen LogP contribution in [0.2, 0.25) is 10.0 Å². The summed E-state index contributed by atoms with van der Waals surface area (Å²) in [7, 11) is 1.25. The normalized spacial score (nSPS) is 12.3. The molecule has 0 amide bonds. The summed E-state index contributed by atoms with van der Waals surface area (Å²) < 4.78 is 11.9. The molecule has 0 aliphatic rings. The average molecular weight is 541 g/mol. The molecule has 0 unspecified atom stereocenters. The molecule has 10 heteroatoms. The molecular formula is C22H20BrCl2N3O4. The van der Waals surface area contributed by atoms with Gasteiger partial charge in [-0.2, -0.15) is 9.78 Å². The van der Waals surface area contributed by atoms with E-state index in [-0.39, 0.29) is 33.9 Å². The number of benzene rings is 2. The van der Waals surface area contributed by atoms with E-state index in [1.807, 2.05) is 19.9 Å². The maximum Gasteiger partial charge on any atom is 0.343 e. The van der Waals surface area contributed by atoms with Gasteiger partial charge in [0.1, 0.15) is 5.82 Å². The van der Waals surface area contributed by atoms with Crippen LogP contribution in [0.4, 0.5) is 0 Å². The van der Waals surface area contributed by atoms with Gasteiger partial charge in [-0.15, -0.1) is 0 Å². The van der Waals surface area contributed by atoms with Crippen molar-refractivity contribution < 1.29 is 14.3 Å². The highest BCUT2D eigenvalue weighted by atomic mass is 79.9. The van der Waals surface area contributed by atoms with Crippen LogP contribution < -0.4 is 10.3 Å². The Bertz CT molecular complexity index is 1240. The van der Waals surface area contributed by atoms with E-state index >= 15 is 0 Å². The SMILES string of the molecule is CC[C@H](C)c1nc2ccc(Br)cc2c(=O)n1N=Cc1cc(Cl)c(OCC(=O)OC)c(Cl)c1. The van der Waals surface area contributed by atoms with Crippen molar-refractivity contribution in [3.8, 4) is 5.75 Å². The molecular weight excluding hydrogens is 521 g/mol. The van der Waals surface area contributed by atoms with Crippen molar-refractivity contribution in [2.75, 3.05) is 13.7 Å². The van der Waals surface area contributed by atoms with E-state index in [9.17, 15) is 9.59 Å². The highest BCUT2D eigenvalue weighted by Crippen LogP contribution is 2.34. The molecule has 1 atom stereocenters. The molecule has 0 bridgehead atoms. The Morgan fingerprint density at radius 2 is 1.97 bits per heavy atom. The second kappa shape index (κ2) is 10.5. The molecule has 32 heavy (non-hydrogen) atoms. The zero-order chi connectivity index (χ0) is 23.4. The van der Waals surface area contributed by atoms with Crippen LogP contribution >= 0.6 is 39.1 Å². The van der Waals surface area contributed by atoms with Crippen LogP contribution in [-0.2, 0) is 9.53 Å². The van der Waals surface area contributed by atoms with Gasteiger partial charge in [-0.25, -0.2) is 9.78 Å². The molecule has 1 heterocycles. The van der Waals surface area contributed by atoms with Gasteiger partial charge < -0.3 is 9.47 Å². The van der Waals surface area contributed by atoms with Crippen molar-refractivity contribution in [3.05, 3.63) is 66.6 Å². The summed E-state index contributed by atoms with van der Waals surface area (Å²) in [6.45, 7) is 3.68. The molecule has 0 radical (unpaired) electrons. The molecule has 168 valence electrons. The molecule has 7 nitrogen and oxygen atoms in total. The van der Waals surface area contributed by atoms with E-state index < -0.39 is 5.97 Å². The standard InChI is InChI=1S/C22H20BrCl2N3O4/c1-4-12(2)21-27-18-6-5-14(23)9-15(18)22(30)28(21)26-10-13-7-16(24)20(17(25)8-13)32-11-19(29)31-3/h5-10,12H,4,11H2,1-3H3/t12-/m0/s1. The van der Waals surface area contributed by atoms with Crippen LogP contribution in [-0.4, -0.2) is 35.6 Å². The summed E-state index contributed by atoms with van der Waals surface area (Å²) in [5.74, 6) is 0.161. The summed E-state index contributed by atoms with van der Waals surface area (Å²) in [4.78, 5) is 29.1. The number of rotatable bonds is 7. The van der Waals surface area contributed by atoms with Gasteiger partial charge in [-0.1, -0.05) is 53.0 Å². The fourth-order valence-corrected chi connectivity index (χ4v) is 3.86. The number of esters is 1. The van der Waals surface area contributed by atoms with Crippen LogP contribution in [0.1, 0.15) is 37.6 Å². The Hall–Kier alpha value is -2.42. The van der Waals surface area contributed by atoms with Gasteiger partial charge in [-0.3, -0.25) is 4.79 Å². The Balaban J connectivity index is 2.03. The molecule has 2 aromatic carbocycles. The highest BCUT2D eigenvalue weighted by molar-refractivity contribution is 9.10. The van der Waals surface area contributed by atoms with Crippen molar-refractivity contribution in [1.82, 2.24) is 9.66 Å². The number of fused-ring (bicyclic) bond motifs is 1. The zero-order valence-electron chi connectivity index (χ0n) is 17.6. The van der Waals surface area contributed by atoms with Crippen LogP contribution in [0.25, 0.3) is 10.9 Å². The van der Waals surface area contributed by atoms with E-state index in [1.54, 1.807) is 24.3 Å². The number of carbonyl (C=O) groups is 1. The third-order valence-electron chi connectivity index (χ3n) is 4.79. The quantitative estimate of drug-likeness (QED) is 0.295. The summed E-state index contributed by atoms with van der Waals surface area (Å²) >= 11 is 15.9. The molecule has 0 spiro atoms. The number of hydrogen-bond acceptors (Lipinski definition) is 6. The second-order valence-electron chi connectivity index (χ2n) is 6.98. The summed E-state index contributed by atoms with van der Waals surface area (Å²) in [6, 6.07) is 8.51. The fourth-order valence-electron chi connectivity index (χ4n) is 2.89. The topological polar surface area (TPSA) is 82.8 Å². The lowest BCUT2D eigenvalue weighted by Crippen LogP contribution is -2.23. The molecule has 0 saturated carbocycles. The van der Waals surface area contributed by atoms with Crippen molar-refractivity contribution in [1.29, 1.82) is 0 Å². The molecule has 0 saturated heterocycles. The predicted molar refractivity (Wildman–Crippen MR) is 129 cm³/mol. The third-order valence-corrected chi connectivity index (χ3v) is 5.85. The van der Waals surface area contributed by atoms with Gasteiger partial charge in [0.25, 0.3) is 5.56 Å². The first-order chi connectivity index (χ1) is 15.2. The largest absolute Gasteiger partial charge is 0.479 e. The van der Waals surface area contributed by atoms with Crippen LogP contribution in [0.5, 0.6) is 5.75 Å². The molecule has 3 aromatic rings. The number of aromatic nitrogens is 2. The number of methoxy groups -OCH3 is 1. The summed E-state index contributed by atoms with van der Waals surface area (Å²) in [6.07, 6.45) is 2.26. The number of hydrogen-bond donors (Lipinski definition) is 0. The minimum atomic E-state index is -0.560. The van der Waals surface area contributed by atoms with Gasteiger partial charge in [-0.05, 0) is 42.3 Å². The van der Waals surface area contributed by atoms with Crippen LogP contribution in [0, 0.1) is 0 Å². The zero-order valence-corrected chi connectivity index (χ0v) is 20.7. The monoisotopic (exact) mass is 539 g/mol. The van der Waals surface area contributed by atoms with Gasteiger partial charge >= 0.3 is 5.97 Å². The molecule has 3 rings (SSSR count). The Morgan fingerprint density at radius 1 is 1.28 bits per heavy atom. The number of ether oxygens (including phenoxy) is 2. The van der Waals surface area contributed by atoms with Gasteiger partial charge in [0, 0.05) is 10.4 Å². The minimum absolute atomic E-state index is 0.00849. The maximum absolute atomic E-state index is 13.2. The lowest BCUT2D eigenvalue weighted by atomic mass is 10.1. The lowest BCUT2D eigenvalue weighted by Gasteiger charge is -2.14. The van der Waals surface area contributed by atoms with Crippen molar-refractivity contribution >= 4 is 62.2 Å². The van der Waals surface area contributed by atoms with E-state index in [0.717, 1.165) is 10.9 Å². The summed E-state index contributed by atoms with van der Waals surface area (Å²) in [5.41, 5.74) is 0.873. The number of halogens is 3. The minimum Gasteiger partial charge on any atom is -0.479 e. The Labute approximate surface area is 203 Å². The molecule has 1 aromatic heterocycles. The predicted octanol–water partition coefficient (Wildman–Crippen LogP) is 5.41. The Kier molecular flexibility index (Phi) is 7.92. The van der Waals surface area contributed by atoms with E-state index in [1.165, 1.54) is 18.0 Å². The first kappa shape index (κ1) is 24.2. The maximum atomic E-state index is 13.2. The molecule has 0 fully saturated rings.